The van der Waals surface area contributed by atoms with Crippen LogP contribution in [0.25, 0.3) is 0 Å². The van der Waals surface area contributed by atoms with E-state index in [2.05, 4.69) is 10.6 Å². The molecule has 6 heteroatoms. The van der Waals surface area contributed by atoms with Crippen LogP contribution in [0.15, 0.2) is 18.2 Å². The average Bonchev–Trinajstić information content (AvgIpc) is 2.42. The zero-order chi connectivity index (χ0) is 16.8. The van der Waals surface area contributed by atoms with Crippen LogP contribution in [0.2, 0.25) is 0 Å². The molecule has 1 unspecified atom stereocenters. The van der Waals surface area contributed by atoms with E-state index in [0.717, 1.165) is 5.56 Å². The number of carbonyl (C=O) groups is 1. The molecule has 0 bridgehead atoms. The quantitative estimate of drug-likeness (QED) is 0.752. The molecule has 22 heavy (non-hydrogen) atoms. The topological polar surface area (TPSA) is 79.8 Å². The molecule has 0 aliphatic carbocycles. The summed E-state index contributed by atoms with van der Waals surface area (Å²) < 4.78 is 10.3. The van der Waals surface area contributed by atoms with Gasteiger partial charge in [0.15, 0.2) is 0 Å². The first-order valence-corrected chi connectivity index (χ1v) is 7.27. The maximum Gasteiger partial charge on any atom is 0.407 e. The van der Waals surface area contributed by atoms with Gasteiger partial charge < -0.3 is 25.2 Å². The standard InChI is InChI=1S/C16H26N2O4/c1-11(9-18-15(20)22-16(2,3)4)17-10-12-8-13(21-5)6-7-14(12)19/h6-8,11,17,19H,9-10H2,1-5H3,(H,18,20). The number of phenols is 1. The van der Waals surface area contributed by atoms with Crippen molar-refractivity contribution in [3.8, 4) is 11.5 Å². The largest absolute Gasteiger partial charge is 0.508 e. The highest BCUT2D eigenvalue weighted by Gasteiger charge is 2.16. The molecule has 0 aliphatic heterocycles. The van der Waals surface area contributed by atoms with E-state index in [4.69, 9.17) is 9.47 Å². The van der Waals surface area contributed by atoms with Crippen LogP contribution in [0.1, 0.15) is 33.3 Å². The second-order valence-electron chi connectivity index (χ2n) is 6.16. The smallest absolute Gasteiger partial charge is 0.407 e. The molecule has 0 saturated heterocycles. The lowest BCUT2D eigenvalue weighted by molar-refractivity contribution is 0.0523. The number of rotatable bonds is 6. The Morgan fingerprint density at radius 2 is 2.05 bits per heavy atom. The lowest BCUT2D eigenvalue weighted by atomic mass is 10.1. The predicted octanol–water partition coefficient (Wildman–Crippen LogP) is 2.40. The number of nitrogens with one attached hydrogen (secondary N) is 2. The molecule has 0 saturated carbocycles. The highest BCUT2D eigenvalue weighted by Crippen LogP contribution is 2.22. The summed E-state index contributed by atoms with van der Waals surface area (Å²) in [4.78, 5) is 11.6. The number of alkyl carbamates (subject to hydrolysis) is 1. The number of ether oxygens (including phenoxy) is 2. The number of hydrogen-bond acceptors (Lipinski definition) is 5. The van der Waals surface area contributed by atoms with Crippen LogP contribution in [0.5, 0.6) is 11.5 Å². The molecule has 0 fully saturated rings. The fourth-order valence-electron chi connectivity index (χ4n) is 1.74. The third kappa shape index (κ3) is 6.67. The van der Waals surface area contributed by atoms with E-state index in [9.17, 15) is 9.90 Å². The fraction of sp³-hybridized carbons (Fsp3) is 0.562. The summed E-state index contributed by atoms with van der Waals surface area (Å²) in [7, 11) is 1.58. The fourth-order valence-corrected chi connectivity index (χ4v) is 1.74. The Balaban J connectivity index is 2.40. The Morgan fingerprint density at radius 1 is 1.36 bits per heavy atom. The summed E-state index contributed by atoms with van der Waals surface area (Å²) in [5.41, 5.74) is 0.233. The summed E-state index contributed by atoms with van der Waals surface area (Å²) in [6.07, 6.45) is -0.439. The SMILES string of the molecule is COc1ccc(O)c(CNC(C)CNC(=O)OC(C)(C)C)c1. The molecule has 0 aromatic heterocycles. The third-order valence-electron chi connectivity index (χ3n) is 2.88. The van der Waals surface area contributed by atoms with E-state index in [1.807, 2.05) is 27.7 Å². The number of methoxy groups -OCH3 is 1. The normalized spacial score (nSPS) is 12.6. The van der Waals surface area contributed by atoms with Gasteiger partial charge in [-0.1, -0.05) is 0 Å². The first-order chi connectivity index (χ1) is 10.2. The molecular formula is C16H26N2O4. The molecule has 1 aromatic carbocycles. The molecule has 0 spiro atoms. The average molecular weight is 310 g/mol. The number of hydrogen-bond donors (Lipinski definition) is 3. The first kappa shape index (κ1) is 18.1. The van der Waals surface area contributed by atoms with Gasteiger partial charge in [-0.25, -0.2) is 4.79 Å². The zero-order valence-electron chi connectivity index (χ0n) is 13.9. The van der Waals surface area contributed by atoms with E-state index in [1.54, 1.807) is 25.3 Å². The molecule has 1 rings (SSSR count). The van der Waals surface area contributed by atoms with Gasteiger partial charge in [-0.3, -0.25) is 0 Å². The van der Waals surface area contributed by atoms with E-state index in [-0.39, 0.29) is 11.8 Å². The molecule has 3 N–H and O–H groups in total. The molecule has 0 aliphatic rings. The van der Waals surface area contributed by atoms with Gasteiger partial charge in [0.25, 0.3) is 0 Å². The van der Waals surface area contributed by atoms with Crippen LogP contribution < -0.4 is 15.4 Å². The Labute approximate surface area is 131 Å². The van der Waals surface area contributed by atoms with Crippen molar-refractivity contribution in [3.63, 3.8) is 0 Å². The second-order valence-corrected chi connectivity index (χ2v) is 6.16. The molecule has 1 atom stereocenters. The third-order valence-corrected chi connectivity index (χ3v) is 2.88. The summed E-state index contributed by atoms with van der Waals surface area (Å²) in [6.45, 7) is 8.30. The minimum Gasteiger partial charge on any atom is -0.508 e. The number of aromatic hydroxyl groups is 1. The van der Waals surface area contributed by atoms with Gasteiger partial charge in [0.2, 0.25) is 0 Å². The lowest BCUT2D eigenvalue weighted by Crippen LogP contribution is -2.41. The van der Waals surface area contributed by atoms with Crippen molar-refractivity contribution in [3.05, 3.63) is 23.8 Å². The Kier molecular flexibility index (Phi) is 6.49. The molecule has 124 valence electrons. The van der Waals surface area contributed by atoms with E-state index >= 15 is 0 Å². The maximum atomic E-state index is 11.6. The van der Waals surface area contributed by atoms with E-state index < -0.39 is 11.7 Å². The summed E-state index contributed by atoms with van der Waals surface area (Å²) in [5, 5.41) is 15.7. The second kappa shape index (κ2) is 7.89. The van der Waals surface area contributed by atoms with Crippen LogP contribution >= 0.6 is 0 Å². The lowest BCUT2D eigenvalue weighted by Gasteiger charge is -2.21. The number of benzene rings is 1. The van der Waals surface area contributed by atoms with Gasteiger partial charge in [0.05, 0.1) is 7.11 Å². The van der Waals surface area contributed by atoms with Crippen LogP contribution in [-0.4, -0.2) is 36.5 Å². The Morgan fingerprint density at radius 3 is 2.64 bits per heavy atom. The first-order valence-electron chi connectivity index (χ1n) is 7.27. The molecule has 6 nitrogen and oxygen atoms in total. The van der Waals surface area contributed by atoms with Gasteiger partial charge in [0.1, 0.15) is 17.1 Å². The van der Waals surface area contributed by atoms with Crippen LogP contribution in [-0.2, 0) is 11.3 Å². The van der Waals surface area contributed by atoms with Crippen LogP contribution in [0.4, 0.5) is 4.79 Å². The summed E-state index contributed by atoms with van der Waals surface area (Å²) >= 11 is 0. The number of amides is 1. The van der Waals surface area contributed by atoms with E-state index in [1.165, 1.54) is 0 Å². The van der Waals surface area contributed by atoms with Gasteiger partial charge in [0, 0.05) is 24.7 Å². The van der Waals surface area contributed by atoms with Gasteiger partial charge >= 0.3 is 6.09 Å². The Bertz CT molecular complexity index is 497. The molecule has 1 aromatic rings. The number of phenolic OH excluding ortho intramolecular Hbond substituents is 1. The molecule has 0 heterocycles. The van der Waals surface area contributed by atoms with Crippen molar-refractivity contribution in [1.82, 2.24) is 10.6 Å². The Hall–Kier alpha value is -1.95. The van der Waals surface area contributed by atoms with Crippen LogP contribution in [0.3, 0.4) is 0 Å². The maximum absolute atomic E-state index is 11.6. The summed E-state index contributed by atoms with van der Waals surface area (Å²) in [5.74, 6) is 0.898. The van der Waals surface area contributed by atoms with Gasteiger partial charge in [-0.15, -0.1) is 0 Å². The zero-order valence-corrected chi connectivity index (χ0v) is 13.9. The van der Waals surface area contributed by atoms with Crippen molar-refractivity contribution >= 4 is 6.09 Å². The van der Waals surface area contributed by atoms with Crippen LogP contribution in [0, 0.1) is 0 Å². The molecule has 1 amide bonds. The van der Waals surface area contributed by atoms with Crippen molar-refractivity contribution in [2.75, 3.05) is 13.7 Å². The monoisotopic (exact) mass is 310 g/mol. The molecule has 0 radical (unpaired) electrons. The van der Waals surface area contributed by atoms with Crippen molar-refractivity contribution in [1.29, 1.82) is 0 Å². The minimum atomic E-state index is -0.507. The van der Waals surface area contributed by atoms with Crippen molar-refractivity contribution < 1.29 is 19.4 Å². The predicted molar refractivity (Wildman–Crippen MR) is 85.2 cm³/mol. The van der Waals surface area contributed by atoms with E-state index in [0.29, 0.717) is 18.8 Å². The minimum absolute atomic E-state index is 0.0260. The van der Waals surface area contributed by atoms with Gasteiger partial charge in [-0.05, 0) is 45.9 Å². The van der Waals surface area contributed by atoms with Gasteiger partial charge in [-0.2, -0.15) is 0 Å². The van der Waals surface area contributed by atoms with Crippen molar-refractivity contribution in [2.45, 2.75) is 45.9 Å². The number of carbonyl (C=O) groups excluding carboxylic acids is 1. The summed E-state index contributed by atoms with van der Waals surface area (Å²) in [6, 6.07) is 5.10. The highest BCUT2D eigenvalue weighted by atomic mass is 16.6. The highest BCUT2D eigenvalue weighted by molar-refractivity contribution is 5.67. The van der Waals surface area contributed by atoms with Crippen molar-refractivity contribution in [2.24, 2.45) is 0 Å². The molecular weight excluding hydrogens is 284 g/mol.